The normalized spacial score (nSPS) is 10.6. The summed E-state index contributed by atoms with van der Waals surface area (Å²) < 4.78 is 23.6. The Hall–Kier alpha value is -3.15. The SMILES string of the molecule is COc1ccc(/C=C/C(=O)OCC(=O)N(C)Cc2ccccc2F)cc1. The average Bonchev–Trinajstić information content (AvgIpc) is 2.66. The summed E-state index contributed by atoms with van der Waals surface area (Å²) in [6.45, 7) is -0.304. The number of hydrogen-bond acceptors (Lipinski definition) is 4. The lowest BCUT2D eigenvalue weighted by Gasteiger charge is -2.17. The lowest BCUT2D eigenvalue weighted by Crippen LogP contribution is -2.30. The number of amides is 1. The monoisotopic (exact) mass is 357 g/mol. The number of ether oxygens (including phenoxy) is 2. The molecule has 5 nitrogen and oxygen atoms in total. The molecule has 2 aromatic rings. The zero-order chi connectivity index (χ0) is 18.9. The molecule has 0 N–H and O–H groups in total. The van der Waals surface area contributed by atoms with Gasteiger partial charge >= 0.3 is 5.97 Å². The number of halogens is 1. The van der Waals surface area contributed by atoms with Gasteiger partial charge in [0, 0.05) is 25.2 Å². The number of methoxy groups -OCH3 is 1. The topological polar surface area (TPSA) is 55.8 Å². The number of esters is 1. The molecule has 2 rings (SSSR count). The fourth-order valence-corrected chi connectivity index (χ4v) is 2.14. The molecule has 0 aliphatic carbocycles. The van der Waals surface area contributed by atoms with E-state index in [0.717, 1.165) is 5.56 Å². The minimum atomic E-state index is -0.631. The largest absolute Gasteiger partial charge is 0.497 e. The molecule has 0 aliphatic rings. The fourth-order valence-electron chi connectivity index (χ4n) is 2.14. The van der Waals surface area contributed by atoms with Crippen molar-refractivity contribution in [3.05, 3.63) is 71.6 Å². The van der Waals surface area contributed by atoms with E-state index in [0.29, 0.717) is 11.3 Å². The first-order valence-electron chi connectivity index (χ1n) is 7.96. The van der Waals surface area contributed by atoms with Crippen LogP contribution in [0.1, 0.15) is 11.1 Å². The standard InChI is InChI=1S/C20H20FNO4/c1-22(13-16-5-3-4-6-18(16)21)19(23)14-26-20(24)12-9-15-7-10-17(25-2)11-8-15/h3-12H,13-14H2,1-2H3/b12-9+. The zero-order valence-corrected chi connectivity index (χ0v) is 14.6. The van der Waals surface area contributed by atoms with Crippen molar-refractivity contribution in [3.8, 4) is 5.75 Å². The van der Waals surface area contributed by atoms with Crippen LogP contribution >= 0.6 is 0 Å². The number of rotatable bonds is 7. The molecule has 26 heavy (non-hydrogen) atoms. The van der Waals surface area contributed by atoms with Gasteiger partial charge in [-0.15, -0.1) is 0 Å². The Morgan fingerprint density at radius 1 is 1.12 bits per heavy atom. The Bertz CT molecular complexity index is 787. The molecule has 0 atom stereocenters. The molecule has 2 aromatic carbocycles. The Kier molecular flexibility index (Phi) is 6.91. The van der Waals surface area contributed by atoms with Crippen molar-refractivity contribution in [1.82, 2.24) is 4.90 Å². The van der Waals surface area contributed by atoms with Gasteiger partial charge in [0.25, 0.3) is 5.91 Å². The summed E-state index contributed by atoms with van der Waals surface area (Å²) in [7, 11) is 3.10. The number of hydrogen-bond donors (Lipinski definition) is 0. The van der Waals surface area contributed by atoms with Gasteiger partial charge in [-0.05, 0) is 29.8 Å². The van der Waals surface area contributed by atoms with Crippen LogP contribution in [0.2, 0.25) is 0 Å². The van der Waals surface area contributed by atoms with Crippen LogP contribution in [0.25, 0.3) is 6.08 Å². The van der Waals surface area contributed by atoms with Crippen molar-refractivity contribution in [2.24, 2.45) is 0 Å². The van der Waals surface area contributed by atoms with Crippen LogP contribution in [0.15, 0.2) is 54.6 Å². The molecule has 0 unspecified atom stereocenters. The van der Waals surface area contributed by atoms with E-state index in [1.807, 2.05) is 0 Å². The highest BCUT2D eigenvalue weighted by Gasteiger charge is 2.13. The van der Waals surface area contributed by atoms with Crippen LogP contribution in [0.5, 0.6) is 5.75 Å². The number of likely N-dealkylation sites (N-methyl/N-ethyl adjacent to an activating group) is 1. The lowest BCUT2D eigenvalue weighted by atomic mass is 10.2. The van der Waals surface area contributed by atoms with Gasteiger partial charge in [-0.3, -0.25) is 4.79 Å². The van der Waals surface area contributed by atoms with Crippen LogP contribution in [-0.4, -0.2) is 37.5 Å². The van der Waals surface area contributed by atoms with Gasteiger partial charge in [-0.2, -0.15) is 0 Å². The molecule has 0 heterocycles. The molecule has 0 spiro atoms. The molecule has 1 amide bonds. The molecule has 136 valence electrons. The number of carbonyl (C=O) groups is 2. The van der Waals surface area contributed by atoms with Crippen molar-refractivity contribution in [3.63, 3.8) is 0 Å². The molecule has 6 heteroatoms. The van der Waals surface area contributed by atoms with Crippen LogP contribution < -0.4 is 4.74 Å². The van der Waals surface area contributed by atoms with Gasteiger partial charge in [0.05, 0.1) is 7.11 Å². The maximum absolute atomic E-state index is 13.6. The first kappa shape index (κ1) is 19.2. The van der Waals surface area contributed by atoms with Gasteiger partial charge in [-0.1, -0.05) is 30.3 Å². The number of nitrogens with zero attached hydrogens (tertiary/aromatic N) is 1. The predicted octanol–water partition coefficient (Wildman–Crippen LogP) is 3.05. The summed E-state index contributed by atoms with van der Waals surface area (Å²) in [5.41, 5.74) is 1.19. The minimum absolute atomic E-state index is 0.102. The molecule has 0 saturated carbocycles. The molecule has 0 saturated heterocycles. The highest BCUT2D eigenvalue weighted by atomic mass is 19.1. The van der Waals surface area contributed by atoms with Crippen molar-refractivity contribution >= 4 is 18.0 Å². The second-order valence-corrected chi connectivity index (χ2v) is 5.56. The second-order valence-electron chi connectivity index (χ2n) is 5.56. The molecular weight excluding hydrogens is 337 g/mol. The molecule has 0 fully saturated rings. The van der Waals surface area contributed by atoms with Crippen LogP contribution in [0.3, 0.4) is 0 Å². The first-order chi connectivity index (χ1) is 12.5. The Morgan fingerprint density at radius 2 is 1.81 bits per heavy atom. The van der Waals surface area contributed by atoms with E-state index in [1.165, 1.54) is 24.1 Å². The summed E-state index contributed by atoms with van der Waals surface area (Å²) in [6, 6.07) is 13.3. The predicted molar refractivity (Wildman–Crippen MR) is 95.9 cm³/mol. The molecule has 0 bridgehead atoms. The van der Waals surface area contributed by atoms with Gasteiger partial charge in [0.1, 0.15) is 11.6 Å². The van der Waals surface area contributed by atoms with Crippen molar-refractivity contribution < 1.29 is 23.5 Å². The number of benzene rings is 2. The van der Waals surface area contributed by atoms with Gasteiger partial charge in [0.15, 0.2) is 6.61 Å². The van der Waals surface area contributed by atoms with Gasteiger partial charge in [0.2, 0.25) is 0 Å². The maximum atomic E-state index is 13.6. The third-order valence-electron chi connectivity index (χ3n) is 3.66. The van der Waals surface area contributed by atoms with E-state index in [2.05, 4.69) is 0 Å². The van der Waals surface area contributed by atoms with Crippen LogP contribution in [0, 0.1) is 5.82 Å². The van der Waals surface area contributed by atoms with Crippen molar-refractivity contribution in [1.29, 1.82) is 0 Å². The van der Waals surface area contributed by atoms with E-state index in [-0.39, 0.29) is 12.4 Å². The Morgan fingerprint density at radius 3 is 2.46 bits per heavy atom. The summed E-state index contributed by atoms with van der Waals surface area (Å²) in [5.74, 6) is -0.715. The third kappa shape index (κ3) is 5.73. The summed E-state index contributed by atoms with van der Waals surface area (Å²) >= 11 is 0. The molecule has 0 radical (unpaired) electrons. The lowest BCUT2D eigenvalue weighted by molar-refractivity contribution is -0.147. The summed E-state index contributed by atoms with van der Waals surface area (Å²) in [6.07, 6.45) is 2.82. The molecule has 0 aromatic heterocycles. The first-order valence-corrected chi connectivity index (χ1v) is 7.96. The highest BCUT2D eigenvalue weighted by Crippen LogP contribution is 2.12. The van der Waals surface area contributed by atoms with Crippen molar-refractivity contribution in [2.75, 3.05) is 20.8 Å². The molecular formula is C20H20FNO4. The molecule has 0 aliphatic heterocycles. The minimum Gasteiger partial charge on any atom is -0.497 e. The van der Waals surface area contributed by atoms with E-state index >= 15 is 0 Å². The fraction of sp³-hybridized carbons (Fsp3) is 0.200. The van der Waals surface area contributed by atoms with E-state index in [9.17, 15) is 14.0 Å². The second kappa shape index (κ2) is 9.36. The van der Waals surface area contributed by atoms with E-state index < -0.39 is 18.5 Å². The summed E-state index contributed by atoms with van der Waals surface area (Å²) in [4.78, 5) is 25.0. The zero-order valence-electron chi connectivity index (χ0n) is 14.6. The summed E-state index contributed by atoms with van der Waals surface area (Å²) in [5, 5.41) is 0. The van der Waals surface area contributed by atoms with Gasteiger partial charge in [-0.25, -0.2) is 9.18 Å². The highest BCUT2D eigenvalue weighted by molar-refractivity contribution is 5.89. The van der Waals surface area contributed by atoms with Gasteiger partial charge < -0.3 is 14.4 Å². The third-order valence-corrected chi connectivity index (χ3v) is 3.66. The maximum Gasteiger partial charge on any atom is 0.331 e. The Balaban J connectivity index is 1.81. The smallest absolute Gasteiger partial charge is 0.331 e. The van der Waals surface area contributed by atoms with E-state index in [4.69, 9.17) is 9.47 Å². The number of carbonyl (C=O) groups excluding carboxylic acids is 2. The average molecular weight is 357 g/mol. The Labute approximate surface area is 151 Å². The quantitative estimate of drug-likeness (QED) is 0.565. The van der Waals surface area contributed by atoms with Crippen LogP contribution in [0.4, 0.5) is 4.39 Å². The van der Waals surface area contributed by atoms with E-state index in [1.54, 1.807) is 55.7 Å². The van der Waals surface area contributed by atoms with Crippen LogP contribution in [-0.2, 0) is 20.9 Å². The van der Waals surface area contributed by atoms with Crippen molar-refractivity contribution in [2.45, 2.75) is 6.54 Å².